The van der Waals surface area contributed by atoms with Crippen LogP contribution >= 0.6 is 0 Å². The van der Waals surface area contributed by atoms with Crippen LogP contribution in [0.2, 0.25) is 0 Å². The lowest BCUT2D eigenvalue weighted by atomic mass is 9.92. The van der Waals surface area contributed by atoms with Crippen LogP contribution in [0, 0.1) is 11.3 Å². The van der Waals surface area contributed by atoms with E-state index in [1.165, 1.54) is 12.4 Å². The molecule has 1 aliphatic rings. The number of anilines is 1. The predicted molar refractivity (Wildman–Crippen MR) is 66.5 cm³/mol. The van der Waals surface area contributed by atoms with Gasteiger partial charge in [0.25, 0.3) is 0 Å². The molecule has 21 heavy (non-hydrogen) atoms. The summed E-state index contributed by atoms with van der Waals surface area (Å²) in [4.78, 5) is 3.79. The average Bonchev–Trinajstić information content (AvgIpc) is 3.02. The summed E-state index contributed by atoms with van der Waals surface area (Å²) >= 11 is 0. The number of nitrogens with two attached hydrogens (primary N) is 1. The molecule has 0 radical (unpaired) electrons. The van der Waals surface area contributed by atoms with Crippen molar-refractivity contribution in [2.24, 2.45) is 0 Å². The largest absolute Gasteiger partial charge is 0.394 e. The fourth-order valence-electron chi connectivity index (χ4n) is 2.35. The molecule has 10 nitrogen and oxygen atoms in total. The maximum absolute atomic E-state index is 10.1. The normalized spacial score (nSPS) is 32.4. The van der Waals surface area contributed by atoms with E-state index in [0.29, 0.717) is 5.52 Å². The molecule has 4 atom stereocenters. The molecule has 0 aromatic carbocycles. The van der Waals surface area contributed by atoms with Gasteiger partial charge < -0.3 is 25.8 Å². The minimum Gasteiger partial charge on any atom is -0.394 e. The molecular weight excluding hydrogens is 280 g/mol. The fourth-order valence-corrected chi connectivity index (χ4v) is 2.35. The van der Waals surface area contributed by atoms with Crippen LogP contribution < -0.4 is 5.73 Å². The summed E-state index contributed by atoms with van der Waals surface area (Å²) in [6.07, 6.45) is -2.88. The first-order chi connectivity index (χ1) is 10.0. The predicted octanol–water partition coefficient (Wildman–Crippen LogP) is -2.46. The molecule has 0 amide bonds. The highest BCUT2D eigenvalue weighted by molar-refractivity contribution is 5.65. The lowest BCUT2D eigenvalue weighted by Gasteiger charge is -2.21. The maximum atomic E-state index is 10.1. The zero-order valence-electron chi connectivity index (χ0n) is 10.7. The number of ether oxygens (including phenoxy) is 1. The Morgan fingerprint density at radius 3 is 2.86 bits per heavy atom. The molecule has 3 heterocycles. The Balaban J connectivity index is 2.15. The number of fused-ring (bicyclic) bond motifs is 1. The number of aliphatic hydroxyl groups is 3. The van der Waals surface area contributed by atoms with Gasteiger partial charge in [-0.3, -0.25) is 0 Å². The van der Waals surface area contributed by atoms with Crippen molar-refractivity contribution >= 4 is 11.3 Å². The van der Waals surface area contributed by atoms with Gasteiger partial charge in [-0.2, -0.15) is 10.4 Å². The summed E-state index contributed by atoms with van der Waals surface area (Å²) in [5, 5.41) is 46.4. The topological polar surface area (TPSA) is 163 Å². The zero-order chi connectivity index (χ0) is 15.2. The van der Waals surface area contributed by atoms with Gasteiger partial charge in [0.15, 0.2) is 5.82 Å². The van der Waals surface area contributed by atoms with E-state index >= 15 is 0 Å². The number of aromatic nitrogens is 4. The van der Waals surface area contributed by atoms with Crippen molar-refractivity contribution in [2.75, 3.05) is 12.3 Å². The summed E-state index contributed by atoms with van der Waals surface area (Å²) in [5.41, 5.74) is 4.13. The number of hydrogen-bond acceptors (Lipinski definition) is 9. The molecule has 0 aliphatic carbocycles. The van der Waals surface area contributed by atoms with E-state index in [9.17, 15) is 15.5 Å². The smallest absolute Gasteiger partial charge is 0.227 e. The monoisotopic (exact) mass is 292 g/mol. The van der Waals surface area contributed by atoms with E-state index < -0.39 is 30.5 Å². The molecule has 3 rings (SSSR count). The Kier molecular flexibility index (Phi) is 2.99. The molecule has 1 fully saturated rings. The fraction of sp³-hybridized carbons (Fsp3) is 0.455. The lowest BCUT2D eigenvalue weighted by molar-refractivity contribution is -0.0636. The number of hydrogen-bond donors (Lipinski definition) is 4. The van der Waals surface area contributed by atoms with Gasteiger partial charge in [-0.05, 0) is 6.07 Å². The Labute approximate surface area is 118 Å². The number of nitrogen functional groups attached to an aromatic ring is 1. The molecule has 10 heteroatoms. The third-order valence-electron chi connectivity index (χ3n) is 3.50. The van der Waals surface area contributed by atoms with Crippen LogP contribution in [0.5, 0.6) is 0 Å². The summed E-state index contributed by atoms with van der Waals surface area (Å²) in [7, 11) is 0. The number of nitrogens with zero attached hydrogens (tertiary/aromatic N) is 5. The highest BCUT2D eigenvalue weighted by Crippen LogP contribution is 2.39. The van der Waals surface area contributed by atoms with Gasteiger partial charge >= 0.3 is 0 Å². The highest BCUT2D eigenvalue weighted by Gasteiger charge is 2.57. The van der Waals surface area contributed by atoms with Gasteiger partial charge in [0.2, 0.25) is 5.60 Å². The molecule has 0 saturated carbocycles. The number of rotatable bonds is 2. The SMILES string of the molecule is N#C[C@@]1(c2cc3c(N)ncnn3n2)O[C@H](CO)[C@@H](O)[C@H]1O. The lowest BCUT2D eigenvalue weighted by Crippen LogP contribution is -2.40. The standard InChI is InChI=1S/C11H12N6O4/c12-3-11(9(20)8(19)6(2-18)21-11)7-1-5-10(13)14-4-15-17(5)16-7/h1,4,6,8-9,18-20H,2H2,(H2,13,14,15)/t6-,8-,9-,11+/m1/s1. The average molecular weight is 292 g/mol. The molecule has 0 unspecified atom stereocenters. The van der Waals surface area contributed by atoms with Crippen LogP contribution in [0.15, 0.2) is 12.4 Å². The van der Waals surface area contributed by atoms with Gasteiger partial charge in [-0.1, -0.05) is 0 Å². The molecule has 110 valence electrons. The van der Waals surface area contributed by atoms with Crippen molar-refractivity contribution in [1.29, 1.82) is 5.26 Å². The van der Waals surface area contributed by atoms with Crippen molar-refractivity contribution in [2.45, 2.75) is 23.9 Å². The molecule has 5 N–H and O–H groups in total. The number of aliphatic hydroxyl groups excluding tert-OH is 3. The third kappa shape index (κ3) is 1.76. The minimum absolute atomic E-state index is 0.0275. The third-order valence-corrected chi connectivity index (χ3v) is 3.50. The number of nitriles is 1. The summed E-state index contributed by atoms with van der Waals surface area (Å²) < 4.78 is 6.50. The first-order valence-electron chi connectivity index (χ1n) is 6.06. The van der Waals surface area contributed by atoms with E-state index in [1.807, 2.05) is 6.07 Å². The summed E-state index contributed by atoms with van der Waals surface area (Å²) in [5.74, 6) is 0.142. The van der Waals surface area contributed by atoms with E-state index in [4.69, 9.17) is 15.6 Å². The van der Waals surface area contributed by atoms with Crippen LogP contribution in [0.1, 0.15) is 5.69 Å². The molecule has 2 aromatic heterocycles. The van der Waals surface area contributed by atoms with Crippen LogP contribution in [0.3, 0.4) is 0 Å². The Bertz CT molecular complexity index is 727. The van der Waals surface area contributed by atoms with Crippen molar-refractivity contribution in [3.05, 3.63) is 18.1 Å². The minimum atomic E-state index is -1.91. The second kappa shape index (κ2) is 4.61. The first-order valence-corrected chi connectivity index (χ1v) is 6.06. The van der Waals surface area contributed by atoms with Crippen molar-refractivity contribution in [3.8, 4) is 6.07 Å². The Hall–Kier alpha value is -2.32. The van der Waals surface area contributed by atoms with Crippen LogP contribution in [0.25, 0.3) is 5.52 Å². The van der Waals surface area contributed by atoms with E-state index in [0.717, 1.165) is 4.63 Å². The van der Waals surface area contributed by atoms with E-state index in [2.05, 4.69) is 15.2 Å². The zero-order valence-corrected chi connectivity index (χ0v) is 10.7. The summed E-state index contributed by atoms with van der Waals surface area (Å²) in [6.45, 7) is -0.545. The van der Waals surface area contributed by atoms with Gasteiger partial charge in [0.1, 0.15) is 41.9 Å². The Morgan fingerprint density at radius 2 is 2.29 bits per heavy atom. The molecule has 1 saturated heterocycles. The van der Waals surface area contributed by atoms with Gasteiger partial charge in [0, 0.05) is 0 Å². The second-order valence-electron chi connectivity index (χ2n) is 4.67. The molecule has 1 aliphatic heterocycles. The van der Waals surface area contributed by atoms with Crippen molar-refractivity contribution in [3.63, 3.8) is 0 Å². The quantitative estimate of drug-likeness (QED) is 0.470. The van der Waals surface area contributed by atoms with Gasteiger partial charge in [-0.15, -0.1) is 9.73 Å². The van der Waals surface area contributed by atoms with Crippen LogP contribution in [-0.4, -0.2) is 60.0 Å². The van der Waals surface area contributed by atoms with Crippen LogP contribution in [0.4, 0.5) is 5.82 Å². The van der Waals surface area contributed by atoms with Crippen molar-refractivity contribution in [1.82, 2.24) is 19.8 Å². The Morgan fingerprint density at radius 1 is 1.52 bits per heavy atom. The molecule has 2 aromatic rings. The second-order valence-corrected chi connectivity index (χ2v) is 4.67. The maximum Gasteiger partial charge on any atom is 0.227 e. The summed E-state index contributed by atoms with van der Waals surface area (Å²) in [6, 6.07) is 3.21. The van der Waals surface area contributed by atoms with Gasteiger partial charge in [0.05, 0.1) is 6.61 Å². The molecular formula is C11H12N6O4. The van der Waals surface area contributed by atoms with Crippen molar-refractivity contribution < 1.29 is 20.1 Å². The molecule has 0 bridgehead atoms. The van der Waals surface area contributed by atoms with Gasteiger partial charge in [-0.25, -0.2) is 4.98 Å². The first kappa shape index (κ1) is 13.7. The van der Waals surface area contributed by atoms with E-state index in [-0.39, 0.29) is 11.5 Å². The van der Waals surface area contributed by atoms with Crippen LogP contribution in [-0.2, 0) is 10.3 Å². The molecule has 0 spiro atoms. The highest BCUT2D eigenvalue weighted by atomic mass is 16.6. The van der Waals surface area contributed by atoms with E-state index in [1.54, 1.807) is 0 Å².